The van der Waals surface area contributed by atoms with Crippen molar-refractivity contribution in [1.29, 1.82) is 0 Å². The number of hydrogen-bond donors (Lipinski definition) is 0. The molecule has 4 heteroatoms. The van der Waals surface area contributed by atoms with Gasteiger partial charge >= 0.3 is 0 Å². The van der Waals surface area contributed by atoms with Gasteiger partial charge in [-0.3, -0.25) is 0 Å². The van der Waals surface area contributed by atoms with Crippen molar-refractivity contribution in [1.82, 2.24) is 0 Å². The van der Waals surface area contributed by atoms with Gasteiger partial charge in [-0.05, 0) is 12.1 Å². The predicted molar refractivity (Wildman–Crippen MR) is 67.0 cm³/mol. The first-order chi connectivity index (χ1) is 4.71. The second-order valence-electron chi connectivity index (χ2n) is 4.29. The molecule has 0 spiro atoms. The zero-order chi connectivity index (χ0) is 9.12. The molecule has 0 aromatic heterocycles. The third kappa shape index (κ3) is 11.4. The molecule has 0 bridgehead atoms. The van der Waals surface area contributed by atoms with Crippen molar-refractivity contribution >= 4 is 44.0 Å². The average molecular weight is 318 g/mol. The van der Waals surface area contributed by atoms with Crippen LogP contribution in [0.5, 0.6) is 0 Å². The molecule has 0 nitrogen and oxygen atoms in total. The summed E-state index contributed by atoms with van der Waals surface area (Å²) in [5.74, 6) is 0. The molecule has 11 heavy (non-hydrogen) atoms. The van der Waals surface area contributed by atoms with Crippen LogP contribution < -0.4 is 0 Å². The molecule has 0 saturated carbocycles. The Balaban J connectivity index is 3.44. The minimum atomic E-state index is -0.943. The van der Waals surface area contributed by atoms with Gasteiger partial charge in [-0.1, -0.05) is 32.6 Å². The number of rotatable bonds is 4. The van der Waals surface area contributed by atoms with Crippen molar-refractivity contribution in [3.8, 4) is 0 Å². The molecule has 0 heterocycles. The zero-order valence-corrected chi connectivity index (χ0v) is 13.0. The Bertz CT molecular complexity index is 98.6. The van der Waals surface area contributed by atoms with E-state index in [-0.39, 0.29) is 0 Å². The van der Waals surface area contributed by atoms with Gasteiger partial charge in [-0.25, -0.2) is 0 Å². The largest absolute Gasteiger partial charge is 0.127 e. The molecule has 0 N–H and O–H groups in total. The highest BCUT2D eigenvalue weighted by molar-refractivity contribution is 9.26. The van der Waals surface area contributed by atoms with Gasteiger partial charge in [0.15, 0.2) is 0 Å². The normalized spacial score (nSPS) is 13.6. The van der Waals surface area contributed by atoms with E-state index < -0.39 is 13.4 Å². The highest BCUT2D eigenvalue weighted by Gasteiger charge is 2.20. The summed E-state index contributed by atoms with van der Waals surface area (Å²) in [5, 5.41) is 0. The van der Waals surface area contributed by atoms with E-state index >= 15 is 0 Å². The molecule has 0 saturated heterocycles. The fourth-order valence-electron chi connectivity index (χ4n) is 0.929. The van der Waals surface area contributed by atoms with Gasteiger partial charge in [-0.2, -0.15) is 0 Å². The van der Waals surface area contributed by atoms with Crippen LogP contribution in [0.4, 0.5) is 0 Å². The Morgan fingerprint density at radius 2 is 1.09 bits per heavy atom. The fraction of sp³-hybridized carbons (Fsp3) is 1.00. The lowest BCUT2D eigenvalue weighted by Crippen LogP contribution is -2.19. The first kappa shape index (κ1) is 12.4. The number of halogens is 2. The molecular weight excluding hydrogens is 300 g/mol. The lowest BCUT2D eigenvalue weighted by Gasteiger charge is -2.17. The van der Waals surface area contributed by atoms with E-state index in [0.717, 1.165) is 0 Å². The van der Waals surface area contributed by atoms with Crippen molar-refractivity contribution in [3.63, 3.8) is 0 Å². The summed E-state index contributed by atoms with van der Waals surface area (Å²) < 4.78 is 0. The van der Waals surface area contributed by atoms with Gasteiger partial charge in [0.2, 0.25) is 0 Å². The van der Waals surface area contributed by atoms with E-state index in [1.54, 1.807) is 0 Å². The Hall–Kier alpha value is 1.39. The maximum atomic E-state index is 3.79. The van der Waals surface area contributed by atoms with Gasteiger partial charge in [-0.15, -0.1) is 30.6 Å². The van der Waals surface area contributed by atoms with Crippen LogP contribution >= 0.6 is 30.6 Å². The second kappa shape index (κ2) is 4.58. The first-order valence-electron chi connectivity index (χ1n) is 4.09. The second-order valence-corrected chi connectivity index (χ2v) is 25.0. The Morgan fingerprint density at radius 3 is 1.27 bits per heavy atom. The summed E-state index contributed by atoms with van der Waals surface area (Å²) in [4.78, 5) is 0. The molecule has 0 aromatic rings. The average Bonchev–Trinajstić information content (AvgIpc) is 1.55. The SMILES string of the molecule is C[Si](C)(Br)CCC[Si](C)(C)Br. The molecular formula is C7H18Br2Si2. The van der Waals surface area contributed by atoms with Gasteiger partial charge in [0.1, 0.15) is 13.4 Å². The Kier molecular flexibility index (Phi) is 5.16. The molecule has 0 fully saturated rings. The summed E-state index contributed by atoms with van der Waals surface area (Å²) in [7, 11) is 0. The minimum absolute atomic E-state index is 0.943. The van der Waals surface area contributed by atoms with Crippen molar-refractivity contribution in [2.75, 3.05) is 0 Å². The standard InChI is InChI=1S/C7H18Br2Si2/c1-10(2,8)6-5-7-11(3,4)9/h5-7H2,1-4H3. The van der Waals surface area contributed by atoms with E-state index in [9.17, 15) is 0 Å². The van der Waals surface area contributed by atoms with E-state index in [0.29, 0.717) is 0 Å². The van der Waals surface area contributed by atoms with Crippen molar-refractivity contribution in [3.05, 3.63) is 0 Å². The lowest BCUT2D eigenvalue weighted by atomic mass is 10.6. The van der Waals surface area contributed by atoms with Crippen LogP contribution in [0.2, 0.25) is 38.3 Å². The maximum absolute atomic E-state index is 3.79. The smallest absolute Gasteiger partial charge is 0.124 e. The summed E-state index contributed by atoms with van der Waals surface area (Å²) in [6.07, 6.45) is 1.40. The fourth-order valence-corrected chi connectivity index (χ4v) is 5.00. The molecule has 0 amide bonds. The van der Waals surface area contributed by atoms with Crippen LogP contribution in [0, 0.1) is 0 Å². The van der Waals surface area contributed by atoms with Crippen molar-refractivity contribution < 1.29 is 0 Å². The van der Waals surface area contributed by atoms with Crippen molar-refractivity contribution in [2.24, 2.45) is 0 Å². The van der Waals surface area contributed by atoms with E-state index in [4.69, 9.17) is 0 Å². The molecule has 0 aliphatic heterocycles. The summed E-state index contributed by atoms with van der Waals surface area (Å²) in [6.45, 7) is 7.60. The van der Waals surface area contributed by atoms with Gasteiger partial charge in [0.25, 0.3) is 0 Å². The molecule has 0 unspecified atom stereocenters. The quantitative estimate of drug-likeness (QED) is 0.526. The van der Waals surface area contributed by atoms with Crippen LogP contribution in [0.1, 0.15) is 6.42 Å². The molecule has 0 aliphatic rings. The van der Waals surface area contributed by atoms with Gasteiger partial charge in [0.05, 0.1) is 0 Å². The Labute approximate surface area is 88.3 Å². The zero-order valence-electron chi connectivity index (χ0n) is 7.88. The van der Waals surface area contributed by atoms with Crippen LogP contribution in [0.15, 0.2) is 0 Å². The monoisotopic (exact) mass is 316 g/mol. The maximum Gasteiger partial charge on any atom is 0.124 e. The topological polar surface area (TPSA) is 0 Å². The first-order valence-corrected chi connectivity index (χ1v) is 15.0. The minimum Gasteiger partial charge on any atom is -0.127 e. The summed E-state index contributed by atoms with van der Waals surface area (Å²) in [6, 6.07) is 2.82. The number of hydrogen-bond acceptors (Lipinski definition) is 0. The third-order valence-corrected chi connectivity index (χ3v) is 7.01. The van der Waals surface area contributed by atoms with Gasteiger partial charge in [0, 0.05) is 0 Å². The van der Waals surface area contributed by atoms with E-state index in [1.807, 2.05) is 0 Å². The summed E-state index contributed by atoms with van der Waals surface area (Å²) >= 11 is 7.57. The predicted octanol–water partition coefficient (Wildman–Crippen LogP) is 4.58. The van der Waals surface area contributed by atoms with Crippen LogP contribution in [0.25, 0.3) is 0 Å². The third-order valence-electron chi connectivity index (χ3n) is 1.54. The van der Waals surface area contributed by atoms with E-state index in [1.165, 1.54) is 18.5 Å². The molecule has 0 aliphatic carbocycles. The lowest BCUT2D eigenvalue weighted by molar-refractivity contribution is 1.04. The van der Waals surface area contributed by atoms with Gasteiger partial charge < -0.3 is 0 Å². The molecule has 0 rings (SSSR count). The Morgan fingerprint density at radius 1 is 0.818 bits per heavy atom. The summed E-state index contributed by atoms with van der Waals surface area (Å²) in [5.41, 5.74) is 0. The molecule has 68 valence electrons. The highest BCUT2D eigenvalue weighted by Crippen LogP contribution is 2.25. The van der Waals surface area contributed by atoms with Crippen LogP contribution in [-0.2, 0) is 0 Å². The molecule has 0 aromatic carbocycles. The van der Waals surface area contributed by atoms with Crippen LogP contribution in [-0.4, -0.2) is 13.4 Å². The van der Waals surface area contributed by atoms with Crippen LogP contribution in [0.3, 0.4) is 0 Å². The molecule has 0 atom stereocenters. The highest BCUT2D eigenvalue weighted by atomic mass is 79.9. The van der Waals surface area contributed by atoms with E-state index in [2.05, 4.69) is 56.8 Å². The molecule has 0 radical (unpaired) electrons. The van der Waals surface area contributed by atoms with Crippen molar-refractivity contribution in [2.45, 2.75) is 44.7 Å².